The first-order valence-electron chi connectivity index (χ1n) is 9.80. The van der Waals surface area contributed by atoms with Crippen LogP contribution in [0.1, 0.15) is 50.2 Å². The molecule has 5 nitrogen and oxygen atoms in total. The molecular formula is C21H23ClN2O3. The van der Waals surface area contributed by atoms with Crippen molar-refractivity contribution in [3.8, 4) is 0 Å². The highest BCUT2D eigenvalue weighted by Gasteiger charge is 2.51. The second-order valence-electron chi connectivity index (χ2n) is 8.36. The lowest BCUT2D eigenvalue weighted by Gasteiger charge is -2.46. The van der Waals surface area contributed by atoms with Crippen molar-refractivity contribution in [2.75, 3.05) is 13.1 Å². The van der Waals surface area contributed by atoms with E-state index in [1.165, 1.54) is 0 Å². The van der Waals surface area contributed by atoms with Gasteiger partial charge < -0.3 is 14.6 Å². The molecule has 5 rings (SSSR count). The van der Waals surface area contributed by atoms with Gasteiger partial charge in [-0.3, -0.25) is 9.59 Å². The van der Waals surface area contributed by atoms with Gasteiger partial charge >= 0.3 is 0 Å². The van der Waals surface area contributed by atoms with Gasteiger partial charge in [-0.1, -0.05) is 11.6 Å². The largest absolute Gasteiger partial charge is 0.461 e. The summed E-state index contributed by atoms with van der Waals surface area (Å²) in [6.45, 7) is 1.55. The molecule has 1 spiro atoms. The van der Waals surface area contributed by atoms with Crippen LogP contribution in [0.5, 0.6) is 0 Å². The molecule has 3 heterocycles. The van der Waals surface area contributed by atoms with Gasteiger partial charge in [0.25, 0.3) is 0 Å². The van der Waals surface area contributed by atoms with E-state index in [1.54, 1.807) is 0 Å². The van der Waals surface area contributed by atoms with E-state index in [9.17, 15) is 9.59 Å². The number of benzene rings is 1. The summed E-state index contributed by atoms with van der Waals surface area (Å²) in [6, 6.07) is 7.77. The van der Waals surface area contributed by atoms with Crippen LogP contribution in [0.3, 0.4) is 0 Å². The van der Waals surface area contributed by atoms with Crippen molar-refractivity contribution >= 4 is 34.4 Å². The first-order chi connectivity index (χ1) is 13.0. The zero-order valence-corrected chi connectivity index (χ0v) is 15.9. The van der Waals surface area contributed by atoms with Gasteiger partial charge in [0.15, 0.2) is 0 Å². The number of fused-ring (bicyclic) bond motifs is 1. The highest BCUT2D eigenvalue weighted by molar-refractivity contribution is 6.31. The number of halogens is 1. The molecule has 1 aliphatic carbocycles. The number of likely N-dealkylation sites (tertiary alicyclic amines) is 1. The van der Waals surface area contributed by atoms with Gasteiger partial charge in [-0.25, -0.2) is 0 Å². The zero-order chi connectivity index (χ0) is 18.6. The van der Waals surface area contributed by atoms with Crippen molar-refractivity contribution in [3.63, 3.8) is 0 Å². The molecule has 3 aliphatic rings. The maximum atomic E-state index is 12.8. The molecule has 0 bridgehead atoms. The summed E-state index contributed by atoms with van der Waals surface area (Å²) in [5, 5.41) is 4.82. The van der Waals surface area contributed by atoms with Crippen LogP contribution in [0.2, 0.25) is 5.02 Å². The Morgan fingerprint density at radius 2 is 2.00 bits per heavy atom. The lowest BCUT2D eigenvalue weighted by Crippen LogP contribution is -2.57. The predicted octanol–water partition coefficient (Wildman–Crippen LogP) is 3.85. The van der Waals surface area contributed by atoms with Gasteiger partial charge in [-0.05, 0) is 56.4 Å². The van der Waals surface area contributed by atoms with Crippen molar-refractivity contribution in [2.24, 2.45) is 5.92 Å². The quantitative estimate of drug-likeness (QED) is 0.852. The summed E-state index contributed by atoms with van der Waals surface area (Å²) in [4.78, 5) is 26.3. The Morgan fingerprint density at radius 3 is 2.70 bits per heavy atom. The van der Waals surface area contributed by atoms with Crippen molar-refractivity contribution in [1.82, 2.24) is 10.2 Å². The summed E-state index contributed by atoms with van der Waals surface area (Å²) < 4.78 is 6.01. The second-order valence-corrected chi connectivity index (χ2v) is 8.80. The maximum Gasteiger partial charge on any atom is 0.225 e. The Hall–Kier alpha value is -2.01. The van der Waals surface area contributed by atoms with E-state index in [0.29, 0.717) is 17.4 Å². The zero-order valence-electron chi connectivity index (χ0n) is 15.2. The first kappa shape index (κ1) is 17.1. The Labute approximate surface area is 163 Å². The molecule has 3 fully saturated rings. The average molecular weight is 387 g/mol. The highest BCUT2D eigenvalue weighted by atomic mass is 35.5. The lowest BCUT2D eigenvalue weighted by atomic mass is 9.67. The van der Waals surface area contributed by atoms with E-state index < -0.39 is 0 Å². The van der Waals surface area contributed by atoms with Gasteiger partial charge in [0.05, 0.1) is 0 Å². The van der Waals surface area contributed by atoms with Gasteiger partial charge in [-0.15, -0.1) is 0 Å². The number of hydrogen-bond donors (Lipinski definition) is 1. The minimum Gasteiger partial charge on any atom is -0.461 e. The number of carbonyl (C=O) groups excluding carboxylic acids is 2. The SMILES string of the molecule is O=C1CC[C@]2(C[C@H](C(=O)N3CCC(c4cc5cc(Cl)ccc5o4)CC3)C2)N1. The van der Waals surface area contributed by atoms with E-state index in [-0.39, 0.29) is 23.3 Å². The van der Waals surface area contributed by atoms with Crippen LogP contribution in [0, 0.1) is 5.92 Å². The van der Waals surface area contributed by atoms with Crippen LogP contribution >= 0.6 is 11.6 Å². The van der Waals surface area contributed by atoms with E-state index in [4.69, 9.17) is 16.0 Å². The molecule has 1 N–H and O–H groups in total. The van der Waals surface area contributed by atoms with Crippen LogP contribution < -0.4 is 5.32 Å². The molecule has 0 unspecified atom stereocenters. The molecule has 2 aliphatic heterocycles. The first-order valence-corrected chi connectivity index (χ1v) is 10.2. The molecule has 1 saturated carbocycles. The third kappa shape index (κ3) is 3.02. The van der Waals surface area contributed by atoms with Gasteiger partial charge in [0.2, 0.25) is 11.8 Å². The van der Waals surface area contributed by atoms with Gasteiger partial charge in [-0.2, -0.15) is 0 Å². The number of hydrogen-bond acceptors (Lipinski definition) is 3. The summed E-state index contributed by atoms with van der Waals surface area (Å²) in [6.07, 6.45) is 4.95. The second kappa shape index (κ2) is 6.26. The van der Waals surface area contributed by atoms with Crippen molar-refractivity contribution in [3.05, 3.63) is 35.0 Å². The van der Waals surface area contributed by atoms with Crippen molar-refractivity contribution < 1.29 is 14.0 Å². The van der Waals surface area contributed by atoms with Crippen LogP contribution in [-0.2, 0) is 9.59 Å². The third-order valence-corrected chi connectivity index (χ3v) is 6.80. The number of rotatable bonds is 2. The fraction of sp³-hybridized carbons (Fsp3) is 0.524. The molecule has 142 valence electrons. The smallest absolute Gasteiger partial charge is 0.225 e. The normalized spacial score (nSPS) is 28.6. The Morgan fingerprint density at radius 1 is 1.22 bits per heavy atom. The number of nitrogens with one attached hydrogen (secondary N) is 1. The number of furan rings is 1. The predicted molar refractivity (Wildman–Crippen MR) is 103 cm³/mol. The number of piperidine rings is 1. The molecule has 6 heteroatoms. The number of nitrogens with zero attached hydrogens (tertiary/aromatic N) is 1. The van der Waals surface area contributed by atoms with Crippen LogP contribution in [0.15, 0.2) is 28.7 Å². The van der Waals surface area contributed by atoms with Crippen molar-refractivity contribution in [1.29, 1.82) is 0 Å². The molecular weight excluding hydrogens is 364 g/mol. The summed E-state index contributed by atoms with van der Waals surface area (Å²) in [5.41, 5.74) is 0.789. The summed E-state index contributed by atoms with van der Waals surface area (Å²) in [7, 11) is 0. The molecule has 27 heavy (non-hydrogen) atoms. The van der Waals surface area contributed by atoms with Crippen molar-refractivity contribution in [2.45, 2.75) is 50.0 Å². The molecule has 0 atom stereocenters. The standard InChI is InChI=1S/C21H23ClN2O3/c22-16-1-2-17-14(9-16)10-18(27-17)13-4-7-24(8-5-13)20(26)15-11-21(12-15)6-3-19(25)23-21/h1-2,9-10,13,15H,3-8,11-12H2,(H,23,25)/t15-,21+. The van der Waals surface area contributed by atoms with Gasteiger partial charge in [0.1, 0.15) is 11.3 Å². The summed E-state index contributed by atoms with van der Waals surface area (Å²) in [5.74, 6) is 1.82. The monoisotopic (exact) mass is 386 g/mol. The van der Waals surface area contributed by atoms with Gasteiger partial charge in [0, 0.05) is 47.3 Å². The van der Waals surface area contributed by atoms with E-state index in [1.807, 2.05) is 23.1 Å². The minimum atomic E-state index is -0.0781. The molecule has 0 radical (unpaired) electrons. The van der Waals surface area contributed by atoms with E-state index in [2.05, 4.69) is 11.4 Å². The molecule has 1 aromatic heterocycles. The number of carbonyl (C=O) groups is 2. The molecule has 2 amide bonds. The summed E-state index contributed by atoms with van der Waals surface area (Å²) >= 11 is 6.06. The maximum absolute atomic E-state index is 12.8. The highest BCUT2D eigenvalue weighted by Crippen LogP contribution is 2.45. The number of amides is 2. The van der Waals surface area contributed by atoms with Crippen LogP contribution in [-0.4, -0.2) is 35.3 Å². The van der Waals surface area contributed by atoms with Crippen LogP contribution in [0.25, 0.3) is 11.0 Å². The van der Waals surface area contributed by atoms with E-state index in [0.717, 1.165) is 61.9 Å². The Balaban J connectivity index is 1.19. The third-order valence-electron chi connectivity index (χ3n) is 6.57. The fourth-order valence-electron chi connectivity index (χ4n) is 5.02. The Kier molecular flexibility index (Phi) is 3.97. The topological polar surface area (TPSA) is 62.6 Å². The molecule has 2 saturated heterocycles. The molecule has 2 aromatic rings. The fourth-order valence-corrected chi connectivity index (χ4v) is 5.20. The lowest BCUT2D eigenvalue weighted by molar-refractivity contribution is -0.143. The van der Waals surface area contributed by atoms with E-state index >= 15 is 0 Å². The molecule has 1 aromatic carbocycles. The minimum absolute atomic E-state index is 0.0771. The Bertz CT molecular complexity index is 907. The average Bonchev–Trinajstić information content (AvgIpc) is 3.23. The van der Waals surface area contributed by atoms with Crippen LogP contribution in [0.4, 0.5) is 0 Å².